The fourth-order valence-electron chi connectivity index (χ4n) is 4.32. The van der Waals surface area contributed by atoms with E-state index in [1.165, 1.54) is 19.1 Å². The first-order chi connectivity index (χ1) is 16.3. The molecule has 0 aliphatic heterocycles. The van der Waals surface area contributed by atoms with Crippen LogP contribution in [0.15, 0.2) is 60.8 Å². The van der Waals surface area contributed by atoms with Crippen LogP contribution in [-0.2, 0) is 27.1 Å². The summed E-state index contributed by atoms with van der Waals surface area (Å²) in [6.07, 6.45) is -7.95. The number of benzene rings is 2. The fraction of sp³-hybridized carbons (Fsp3) is 0.320. The number of hydrogen-bond donors (Lipinski definition) is 0. The smallest absolute Gasteiger partial charge is 0.356 e. The van der Waals surface area contributed by atoms with Crippen LogP contribution in [0.2, 0.25) is 0 Å². The molecule has 0 saturated carbocycles. The lowest BCUT2D eigenvalue weighted by atomic mass is 9.79. The van der Waals surface area contributed by atoms with Crippen molar-refractivity contribution in [1.29, 1.82) is 0 Å². The van der Waals surface area contributed by atoms with Crippen LogP contribution in [0.4, 0.5) is 30.7 Å². The first-order valence-corrected chi connectivity index (χ1v) is 11.7. The van der Waals surface area contributed by atoms with Gasteiger partial charge in [0, 0.05) is 6.20 Å². The summed E-state index contributed by atoms with van der Waals surface area (Å²) >= 11 is 1.73. The zero-order valence-corrected chi connectivity index (χ0v) is 20.4. The number of fused-ring (bicyclic) bond motifs is 1. The molecule has 1 heterocycles. The largest absolute Gasteiger partial charge is 0.416 e. The molecular formula is C25H19F7INO. The van der Waals surface area contributed by atoms with Crippen molar-refractivity contribution in [1.82, 2.24) is 4.98 Å². The minimum absolute atomic E-state index is 0.0955. The van der Waals surface area contributed by atoms with Gasteiger partial charge in [0.2, 0.25) is 0 Å². The molecule has 186 valence electrons. The minimum Gasteiger partial charge on any atom is -0.356 e. The fourth-order valence-corrected chi connectivity index (χ4v) is 4.96. The van der Waals surface area contributed by atoms with Crippen molar-refractivity contribution in [3.8, 4) is 0 Å². The number of halogens is 8. The van der Waals surface area contributed by atoms with Crippen molar-refractivity contribution >= 4 is 22.6 Å². The Kier molecular flexibility index (Phi) is 6.91. The third kappa shape index (κ3) is 5.63. The van der Waals surface area contributed by atoms with Crippen LogP contribution in [0.25, 0.3) is 0 Å². The Morgan fingerprint density at radius 2 is 1.46 bits per heavy atom. The Balaban J connectivity index is 1.76. The molecule has 1 aromatic heterocycles. The summed E-state index contributed by atoms with van der Waals surface area (Å²) in [6, 6.07) is 10.9. The molecule has 0 fully saturated rings. The molecule has 3 atom stereocenters. The quantitative estimate of drug-likeness (QED) is 0.170. The van der Waals surface area contributed by atoms with E-state index in [0.717, 1.165) is 5.56 Å². The molecule has 0 unspecified atom stereocenters. The van der Waals surface area contributed by atoms with Gasteiger partial charge in [-0.25, -0.2) is 4.39 Å². The first-order valence-electron chi connectivity index (χ1n) is 10.6. The van der Waals surface area contributed by atoms with Gasteiger partial charge in [-0.2, -0.15) is 26.3 Å². The number of rotatable bonds is 4. The van der Waals surface area contributed by atoms with Crippen molar-refractivity contribution < 1.29 is 35.5 Å². The topological polar surface area (TPSA) is 22.1 Å². The first kappa shape index (κ1) is 25.9. The predicted octanol–water partition coefficient (Wildman–Crippen LogP) is 8.03. The van der Waals surface area contributed by atoms with E-state index in [-0.39, 0.29) is 11.6 Å². The minimum atomic E-state index is -4.97. The van der Waals surface area contributed by atoms with Crippen molar-refractivity contribution in [3.05, 3.63) is 100 Å². The maximum Gasteiger partial charge on any atom is 0.416 e. The number of hydrogen-bond acceptors (Lipinski definition) is 2. The second-order valence-corrected chi connectivity index (χ2v) is 10.5. The van der Waals surface area contributed by atoms with E-state index in [0.29, 0.717) is 36.2 Å². The van der Waals surface area contributed by atoms with Crippen molar-refractivity contribution in [2.75, 3.05) is 0 Å². The van der Waals surface area contributed by atoms with E-state index in [2.05, 4.69) is 4.98 Å². The SMILES string of the molecule is C[C@@](I)(O[C@H]1CCc2cccnc2[C@@H]1c1ccc(F)cc1)c1cc(C(F)(F)F)cc(C(F)(F)F)c1. The van der Waals surface area contributed by atoms with Crippen LogP contribution in [-0.4, -0.2) is 11.1 Å². The van der Waals surface area contributed by atoms with E-state index in [4.69, 9.17) is 4.74 Å². The molecule has 0 N–H and O–H groups in total. The van der Waals surface area contributed by atoms with Gasteiger partial charge in [0.15, 0.2) is 0 Å². The molecule has 1 aliphatic carbocycles. The standard InChI is InChI=1S/C25H19F7INO/c1-23(33,16-11-17(24(27,28)29)13-18(12-16)25(30,31)32)35-20-9-6-15-3-2-10-34-22(15)21(20)14-4-7-19(26)8-5-14/h2-5,7-8,10-13,20-21H,6,9H2,1H3/t20-,21+,23+/m0/s1. The number of alkyl halides is 7. The van der Waals surface area contributed by atoms with E-state index >= 15 is 0 Å². The van der Waals surface area contributed by atoms with Gasteiger partial charge in [0.05, 0.1) is 28.8 Å². The number of pyridine rings is 1. The highest BCUT2D eigenvalue weighted by Crippen LogP contribution is 2.46. The molecule has 35 heavy (non-hydrogen) atoms. The van der Waals surface area contributed by atoms with Gasteiger partial charge in [-0.05, 0) is 95.4 Å². The summed E-state index contributed by atoms with van der Waals surface area (Å²) in [4.78, 5) is 4.47. The van der Waals surface area contributed by atoms with Crippen molar-refractivity contribution in [2.24, 2.45) is 0 Å². The number of aryl methyl sites for hydroxylation is 1. The van der Waals surface area contributed by atoms with Gasteiger partial charge in [-0.15, -0.1) is 0 Å². The van der Waals surface area contributed by atoms with E-state index in [1.54, 1.807) is 47.0 Å². The summed E-state index contributed by atoms with van der Waals surface area (Å²) in [5, 5.41) is 0. The van der Waals surface area contributed by atoms with Gasteiger partial charge in [-0.3, -0.25) is 4.98 Å². The lowest BCUT2D eigenvalue weighted by molar-refractivity contribution is -0.143. The number of aromatic nitrogens is 1. The zero-order valence-electron chi connectivity index (χ0n) is 18.2. The normalized spacial score (nSPS) is 20.3. The second-order valence-electron chi connectivity index (χ2n) is 8.48. The summed E-state index contributed by atoms with van der Waals surface area (Å²) in [5.41, 5.74) is -0.745. The van der Waals surface area contributed by atoms with E-state index in [1.807, 2.05) is 6.07 Å². The highest BCUT2D eigenvalue weighted by Gasteiger charge is 2.42. The zero-order chi connectivity index (χ0) is 25.6. The third-order valence-electron chi connectivity index (χ3n) is 6.00. The number of ether oxygens (including phenoxy) is 1. The highest BCUT2D eigenvalue weighted by molar-refractivity contribution is 14.1. The molecule has 0 saturated heterocycles. The second kappa shape index (κ2) is 9.34. The Morgan fingerprint density at radius 3 is 2.03 bits per heavy atom. The summed E-state index contributed by atoms with van der Waals surface area (Å²) < 4.78 is 98.8. The Morgan fingerprint density at radius 1 is 0.886 bits per heavy atom. The van der Waals surface area contributed by atoms with Crippen molar-refractivity contribution in [3.63, 3.8) is 0 Å². The molecule has 2 nitrogen and oxygen atoms in total. The van der Waals surface area contributed by atoms with Crippen LogP contribution >= 0.6 is 22.6 Å². The third-order valence-corrected chi connectivity index (χ3v) is 6.87. The van der Waals surface area contributed by atoms with Gasteiger partial charge < -0.3 is 4.74 Å². The number of nitrogens with zero attached hydrogens (tertiary/aromatic N) is 1. The van der Waals surface area contributed by atoms with Crippen LogP contribution in [0.3, 0.4) is 0 Å². The molecule has 4 rings (SSSR count). The van der Waals surface area contributed by atoms with Crippen LogP contribution in [0, 0.1) is 5.82 Å². The van der Waals surface area contributed by atoms with Gasteiger partial charge >= 0.3 is 12.4 Å². The highest BCUT2D eigenvalue weighted by atomic mass is 127. The maximum absolute atomic E-state index is 13.6. The molecule has 0 amide bonds. The van der Waals surface area contributed by atoms with E-state index in [9.17, 15) is 30.7 Å². The molecule has 0 spiro atoms. The lowest BCUT2D eigenvalue weighted by Crippen LogP contribution is -2.35. The Hall–Kier alpha value is -2.21. The van der Waals surface area contributed by atoms with Gasteiger partial charge in [-0.1, -0.05) is 18.2 Å². The summed E-state index contributed by atoms with van der Waals surface area (Å²) in [5.74, 6) is -0.923. The molecule has 3 aromatic rings. The molecular weight excluding hydrogens is 590 g/mol. The molecule has 1 aliphatic rings. The lowest BCUT2D eigenvalue weighted by Gasteiger charge is -2.38. The van der Waals surface area contributed by atoms with Gasteiger partial charge in [0.25, 0.3) is 0 Å². The predicted molar refractivity (Wildman–Crippen MR) is 123 cm³/mol. The summed E-state index contributed by atoms with van der Waals surface area (Å²) in [7, 11) is 0. The molecule has 0 bridgehead atoms. The van der Waals surface area contributed by atoms with Crippen LogP contribution in [0.1, 0.15) is 52.8 Å². The maximum atomic E-state index is 13.6. The van der Waals surface area contributed by atoms with Crippen molar-refractivity contribution in [2.45, 2.75) is 47.7 Å². The molecule has 10 heteroatoms. The average Bonchev–Trinajstić information content (AvgIpc) is 2.78. The summed E-state index contributed by atoms with van der Waals surface area (Å²) in [6.45, 7) is 1.43. The molecule has 0 radical (unpaired) electrons. The Labute approximate surface area is 210 Å². The Bertz CT molecular complexity index is 1170. The van der Waals surface area contributed by atoms with Crippen LogP contribution in [0.5, 0.6) is 0 Å². The van der Waals surface area contributed by atoms with Gasteiger partial charge in [0.1, 0.15) is 9.43 Å². The van der Waals surface area contributed by atoms with Crippen LogP contribution < -0.4 is 0 Å². The molecule has 2 aromatic carbocycles. The van der Waals surface area contributed by atoms with E-state index < -0.39 is 44.9 Å². The average molecular weight is 609 g/mol. The monoisotopic (exact) mass is 609 g/mol.